The smallest absolute Gasteiger partial charge is 0.231 e. The standard InChI is InChI=1S/C9H16N2O2/c1-7-2-4-11(5-3-7)9(13)6-8(10)12/h7H,2-6H2,1H3,(H2,10,12). The van der Waals surface area contributed by atoms with Crippen molar-refractivity contribution in [1.82, 2.24) is 4.90 Å². The minimum atomic E-state index is -0.538. The van der Waals surface area contributed by atoms with E-state index in [1.54, 1.807) is 4.90 Å². The molecular weight excluding hydrogens is 168 g/mol. The topological polar surface area (TPSA) is 63.4 Å². The van der Waals surface area contributed by atoms with Gasteiger partial charge in [0.25, 0.3) is 0 Å². The van der Waals surface area contributed by atoms with Crippen molar-refractivity contribution in [2.45, 2.75) is 26.2 Å². The van der Waals surface area contributed by atoms with E-state index in [4.69, 9.17) is 5.73 Å². The molecular formula is C9H16N2O2. The van der Waals surface area contributed by atoms with Crippen LogP contribution >= 0.6 is 0 Å². The third-order valence-electron chi connectivity index (χ3n) is 2.46. The van der Waals surface area contributed by atoms with Gasteiger partial charge in [-0.05, 0) is 18.8 Å². The fourth-order valence-corrected chi connectivity index (χ4v) is 1.52. The molecule has 0 atom stereocenters. The SMILES string of the molecule is CC1CCN(C(=O)CC(N)=O)CC1. The van der Waals surface area contributed by atoms with Crippen molar-refractivity contribution in [3.8, 4) is 0 Å². The summed E-state index contributed by atoms with van der Waals surface area (Å²) in [5.74, 6) is 0.0284. The molecule has 1 aliphatic heterocycles. The Morgan fingerprint density at radius 3 is 2.38 bits per heavy atom. The Balaban J connectivity index is 2.36. The number of carbonyl (C=O) groups is 2. The summed E-state index contributed by atoms with van der Waals surface area (Å²) in [6.45, 7) is 3.72. The number of hydrogen-bond donors (Lipinski definition) is 1. The van der Waals surface area contributed by atoms with Crippen molar-refractivity contribution in [2.24, 2.45) is 11.7 Å². The first-order valence-electron chi connectivity index (χ1n) is 4.65. The zero-order chi connectivity index (χ0) is 9.84. The highest BCUT2D eigenvalue weighted by Gasteiger charge is 2.20. The van der Waals surface area contributed by atoms with Crippen LogP contribution in [0.4, 0.5) is 0 Å². The van der Waals surface area contributed by atoms with Crippen LogP contribution in [0.15, 0.2) is 0 Å². The number of amides is 2. The maximum absolute atomic E-state index is 11.3. The van der Waals surface area contributed by atoms with Gasteiger partial charge in [-0.15, -0.1) is 0 Å². The number of rotatable bonds is 2. The van der Waals surface area contributed by atoms with Crippen LogP contribution in [0.5, 0.6) is 0 Å². The summed E-state index contributed by atoms with van der Waals surface area (Å²) in [6, 6.07) is 0. The van der Waals surface area contributed by atoms with E-state index in [9.17, 15) is 9.59 Å². The van der Waals surface area contributed by atoms with E-state index < -0.39 is 5.91 Å². The highest BCUT2D eigenvalue weighted by molar-refractivity contribution is 5.96. The molecule has 4 heteroatoms. The van der Waals surface area contributed by atoms with Gasteiger partial charge in [0.2, 0.25) is 11.8 Å². The van der Waals surface area contributed by atoms with Crippen LogP contribution in [0, 0.1) is 5.92 Å². The lowest BCUT2D eigenvalue weighted by atomic mass is 9.99. The lowest BCUT2D eigenvalue weighted by Gasteiger charge is -2.29. The Bertz CT molecular complexity index is 208. The Labute approximate surface area is 78.1 Å². The quantitative estimate of drug-likeness (QED) is 0.619. The lowest BCUT2D eigenvalue weighted by molar-refractivity contribution is -0.136. The number of nitrogens with two attached hydrogens (primary N) is 1. The zero-order valence-corrected chi connectivity index (χ0v) is 7.95. The Kier molecular flexibility index (Phi) is 3.28. The van der Waals surface area contributed by atoms with Crippen molar-refractivity contribution in [3.63, 3.8) is 0 Å². The van der Waals surface area contributed by atoms with E-state index in [2.05, 4.69) is 6.92 Å². The second kappa shape index (κ2) is 4.25. The van der Waals surface area contributed by atoms with Gasteiger partial charge in [0.05, 0.1) is 0 Å². The van der Waals surface area contributed by atoms with Crippen molar-refractivity contribution >= 4 is 11.8 Å². The molecule has 1 heterocycles. The van der Waals surface area contributed by atoms with Gasteiger partial charge in [-0.25, -0.2) is 0 Å². The minimum Gasteiger partial charge on any atom is -0.369 e. The van der Waals surface area contributed by atoms with Crippen LogP contribution in [0.1, 0.15) is 26.2 Å². The molecule has 4 nitrogen and oxygen atoms in total. The summed E-state index contributed by atoms with van der Waals surface area (Å²) in [5, 5.41) is 0. The predicted octanol–water partition coefficient (Wildman–Crippen LogP) is 0.120. The van der Waals surface area contributed by atoms with Crippen LogP contribution in [-0.2, 0) is 9.59 Å². The summed E-state index contributed by atoms with van der Waals surface area (Å²) in [5.41, 5.74) is 4.94. The lowest BCUT2D eigenvalue weighted by Crippen LogP contribution is -2.39. The summed E-state index contributed by atoms with van der Waals surface area (Å²) >= 11 is 0. The minimum absolute atomic E-state index is 0.126. The van der Waals surface area contributed by atoms with Crippen LogP contribution in [0.25, 0.3) is 0 Å². The average molecular weight is 184 g/mol. The molecule has 13 heavy (non-hydrogen) atoms. The van der Waals surface area contributed by atoms with Crippen molar-refractivity contribution in [3.05, 3.63) is 0 Å². The van der Waals surface area contributed by atoms with E-state index in [1.807, 2.05) is 0 Å². The highest BCUT2D eigenvalue weighted by Crippen LogP contribution is 2.16. The van der Waals surface area contributed by atoms with Gasteiger partial charge in [-0.2, -0.15) is 0 Å². The van der Waals surface area contributed by atoms with E-state index in [1.165, 1.54) is 0 Å². The third-order valence-corrected chi connectivity index (χ3v) is 2.46. The van der Waals surface area contributed by atoms with Crippen molar-refractivity contribution < 1.29 is 9.59 Å². The molecule has 0 unspecified atom stereocenters. The maximum atomic E-state index is 11.3. The first-order chi connectivity index (χ1) is 6.09. The fraction of sp³-hybridized carbons (Fsp3) is 0.778. The Hall–Kier alpha value is -1.06. The second-order valence-electron chi connectivity index (χ2n) is 3.71. The number of piperidine rings is 1. The van der Waals surface area contributed by atoms with Gasteiger partial charge in [-0.3, -0.25) is 9.59 Å². The highest BCUT2D eigenvalue weighted by atomic mass is 16.2. The second-order valence-corrected chi connectivity index (χ2v) is 3.71. The van der Waals surface area contributed by atoms with Gasteiger partial charge in [-0.1, -0.05) is 6.92 Å². The first kappa shape index (κ1) is 10.0. The molecule has 0 aromatic carbocycles. The zero-order valence-electron chi connectivity index (χ0n) is 7.95. The van der Waals surface area contributed by atoms with E-state index in [0.717, 1.165) is 25.9 Å². The van der Waals surface area contributed by atoms with Gasteiger partial charge < -0.3 is 10.6 Å². The molecule has 1 rings (SSSR count). The largest absolute Gasteiger partial charge is 0.369 e. The molecule has 0 bridgehead atoms. The molecule has 0 radical (unpaired) electrons. The van der Waals surface area contributed by atoms with Gasteiger partial charge in [0, 0.05) is 13.1 Å². The average Bonchev–Trinajstić information content (AvgIpc) is 2.04. The molecule has 0 aromatic rings. The molecule has 0 aromatic heterocycles. The Morgan fingerprint density at radius 2 is 1.92 bits per heavy atom. The normalized spacial score (nSPS) is 18.7. The molecule has 0 saturated carbocycles. The molecule has 0 aliphatic carbocycles. The summed E-state index contributed by atoms with van der Waals surface area (Å²) < 4.78 is 0. The summed E-state index contributed by atoms with van der Waals surface area (Å²) in [4.78, 5) is 23.6. The summed E-state index contributed by atoms with van der Waals surface area (Å²) in [6.07, 6.45) is 1.92. The molecule has 2 N–H and O–H groups in total. The molecule has 0 spiro atoms. The van der Waals surface area contributed by atoms with Crippen LogP contribution < -0.4 is 5.73 Å². The Morgan fingerprint density at radius 1 is 1.38 bits per heavy atom. The number of carbonyl (C=O) groups excluding carboxylic acids is 2. The van der Waals surface area contributed by atoms with Gasteiger partial charge >= 0.3 is 0 Å². The molecule has 1 aliphatic rings. The fourth-order valence-electron chi connectivity index (χ4n) is 1.52. The van der Waals surface area contributed by atoms with Gasteiger partial charge in [0.1, 0.15) is 6.42 Å². The first-order valence-corrected chi connectivity index (χ1v) is 4.65. The number of primary amides is 1. The van der Waals surface area contributed by atoms with E-state index in [0.29, 0.717) is 5.92 Å². The van der Waals surface area contributed by atoms with Crippen LogP contribution in [0.2, 0.25) is 0 Å². The predicted molar refractivity (Wildman–Crippen MR) is 48.8 cm³/mol. The number of hydrogen-bond acceptors (Lipinski definition) is 2. The number of likely N-dealkylation sites (tertiary alicyclic amines) is 1. The van der Waals surface area contributed by atoms with Crippen molar-refractivity contribution in [2.75, 3.05) is 13.1 Å². The van der Waals surface area contributed by atoms with Gasteiger partial charge in [0.15, 0.2) is 0 Å². The molecule has 1 saturated heterocycles. The third kappa shape index (κ3) is 3.05. The molecule has 1 fully saturated rings. The number of nitrogens with zero attached hydrogens (tertiary/aromatic N) is 1. The monoisotopic (exact) mass is 184 g/mol. The van der Waals surface area contributed by atoms with Crippen molar-refractivity contribution in [1.29, 1.82) is 0 Å². The molecule has 74 valence electrons. The van der Waals surface area contributed by atoms with Crippen LogP contribution in [-0.4, -0.2) is 29.8 Å². The molecule has 2 amide bonds. The summed E-state index contributed by atoms with van der Waals surface area (Å²) in [7, 11) is 0. The maximum Gasteiger partial charge on any atom is 0.231 e. The van der Waals surface area contributed by atoms with E-state index in [-0.39, 0.29) is 12.3 Å². The van der Waals surface area contributed by atoms with Crippen LogP contribution in [0.3, 0.4) is 0 Å². The van der Waals surface area contributed by atoms with E-state index >= 15 is 0 Å².